The number of carbonyl (C=O) groups excluding carboxylic acids is 3. The maximum absolute atomic E-state index is 12.4. The van der Waals surface area contributed by atoms with Gasteiger partial charge in [-0.3, -0.25) is 9.59 Å². The van der Waals surface area contributed by atoms with Crippen LogP contribution in [0.1, 0.15) is 40.5 Å². The van der Waals surface area contributed by atoms with Gasteiger partial charge in [-0.2, -0.15) is 0 Å². The predicted octanol–water partition coefficient (Wildman–Crippen LogP) is 0.788. The van der Waals surface area contributed by atoms with E-state index >= 15 is 0 Å². The number of nitrogens with one attached hydrogen (secondary N) is 3. The molecule has 0 aromatic heterocycles. The average molecular weight is 313 g/mol. The zero-order valence-corrected chi connectivity index (χ0v) is 14.0. The fraction of sp³-hybridized carbons (Fsp3) is 0.800. The predicted molar refractivity (Wildman–Crippen MR) is 82.1 cm³/mol. The van der Waals surface area contributed by atoms with Crippen molar-refractivity contribution in [2.45, 2.75) is 52.1 Å². The number of hydrogen-bond donors (Lipinski definition) is 3. The first-order valence-electron chi connectivity index (χ1n) is 7.65. The Kier molecular flexibility index (Phi) is 6.20. The summed E-state index contributed by atoms with van der Waals surface area (Å²) in [4.78, 5) is 35.3. The van der Waals surface area contributed by atoms with E-state index in [4.69, 9.17) is 0 Å². The van der Waals surface area contributed by atoms with Crippen molar-refractivity contribution in [2.24, 2.45) is 11.8 Å². The molecule has 0 aromatic rings. The lowest BCUT2D eigenvalue weighted by Gasteiger charge is -2.25. The van der Waals surface area contributed by atoms with Crippen LogP contribution in [0.15, 0.2) is 0 Å². The van der Waals surface area contributed by atoms with Crippen molar-refractivity contribution in [1.29, 1.82) is 0 Å². The lowest BCUT2D eigenvalue weighted by atomic mass is 10.0. The van der Waals surface area contributed by atoms with Crippen molar-refractivity contribution >= 4 is 17.9 Å². The highest BCUT2D eigenvalue weighted by atomic mass is 16.5. The second kappa shape index (κ2) is 7.47. The summed E-state index contributed by atoms with van der Waals surface area (Å²) in [5.74, 6) is -0.443. The number of hydrogen-bond acceptors (Lipinski definition) is 4. The van der Waals surface area contributed by atoms with Crippen LogP contribution in [-0.2, 0) is 14.3 Å². The second-order valence-electron chi connectivity index (χ2n) is 6.50. The molecule has 0 unspecified atom stereocenters. The van der Waals surface area contributed by atoms with Gasteiger partial charge in [-0.25, -0.2) is 4.79 Å². The molecule has 3 N–H and O–H groups in total. The molecule has 1 fully saturated rings. The monoisotopic (exact) mass is 313 g/mol. The normalized spacial score (nSPS) is 16.9. The van der Waals surface area contributed by atoms with Gasteiger partial charge in [0.15, 0.2) is 0 Å². The first-order chi connectivity index (χ1) is 10.2. The van der Waals surface area contributed by atoms with Crippen LogP contribution in [0.2, 0.25) is 0 Å². The Labute approximate surface area is 131 Å². The number of amides is 3. The van der Waals surface area contributed by atoms with Gasteiger partial charge in [0.05, 0.1) is 12.6 Å². The number of rotatable bonds is 7. The lowest BCUT2D eigenvalue weighted by Crippen LogP contribution is -2.55. The first-order valence-corrected chi connectivity index (χ1v) is 7.65. The summed E-state index contributed by atoms with van der Waals surface area (Å²) < 4.78 is 4.55. The molecular weight excluding hydrogens is 286 g/mol. The third kappa shape index (κ3) is 5.20. The molecule has 1 rings (SSSR count). The molecule has 1 saturated carbocycles. The molecule has 1 aliphatic rings. The van der Waals surface area contributed by atoms with Gasteiger partial charge in [-0.05, 0) is 18.8 Å². The molecule has 126 valence electrons. The molecule has 0 aliphatic heterocycles. The third-order valence-corrected chi connectivity index (χ3v) is 3.78. The summed E-state index contributed by atoms with van der Waals surface area (Å²) in [5.41, 5.74) is -0.382. The quantitative estimate of drug-likeness (QED) is 0.647. The zero-order chi connectivity index (χ0) is 16.9. The molecule has 7 nitrogen and oxygen atoms in total. The molecule has 0 spiro atoms. The van der Waals surface area contributed by atoms with Gasteiger partial charge in [-0.1, -0.05) is 27.7 Å². The minimum Gasteiger partial charge on any atom is -0.453 e. The molecule has 0 radical (unpaired) electrons. The molecule has 0 bridgehead atoms. The maximum atomic E-state index is 12.4. The highest BCUT2D eigenvalue weighted by Crippen LogP contribution is 2.34. The SMILES string of the molecule is COC(=O)N[C@H](C(=O)NC1(CNC(=O)C(C)C)CC1)C(C)C. The maximum Gasteiger partial charge on any atom is 0.407 e. The van der Waals surface area contributed by atoms with Gasteiger partial charge in [0, 0.05) is 12.5 Å². The Hall–Kier alpha value is -1.79. The van der Waals surface area contributed by atoms with E-state index in [0.29, 0.717) is 6.54 Å². The van der Waals surface area contributed by atoms with Gasteiger partial charge < -0.3 is 20.7 Å². The fourth-order valence-electron chi connectivity index (χ4n) is 2.02. The van der Waals surface area contributed by atoms with Crippen LogP contribution in [0.4, 0.5) is 4.79 Å². The van der Waals surface area contributed by atoms with Crippen LogP contribution in [0.25, 0.3) is 0 Å². The lowest BCUT2D eigenvalue weighted by molar-refractivity contribution is -0.126. The van der Waals surface area contributed by atoms with Crippen molar-refractivity contribution in [2.75, 3.05) is 13.7 Å². The van der Waals surface area contributed by atoms with E-state index in [-0.39, 0.29) is 29.2 Å². The van der Waals surface area contributed by atoms with E-state index < -0.39 is 12.1 Å². The van der Waals surface area contributed by atoms with Crippen LogP contribution in [-0.4, -0.2) is 43.1 Å². The van der Waals surface area contributed by atoms with Crippen molar-refractivity contribution in [3.8, 4) is 0 Å². The van der Waals surface area contributed by atoms with Gasteiger partial charge in [0.25, 0.3) is 0 Å². The van der Waals surface area contributed by atoms with E-state index in [1.807, 2.05) is 27.7 Å². The Morgan fingerprint density at radius 2 is 1.68 bits per heavy atom. The number of carbonyl (C=O) groups is 3. The molecule has 3 amide bonds. The van der Waals surface area contributed by atoms with Crippen LogP contribution in [0.3, 0.4) is 0 Å². The van der Waals surface area contributed by atoms with Crippen molar-refractivity contribution in [3.05, 3.63) is 0 Å². The van der Waals surface area contributed by atoms with Gasteiger partial charge >= 0.3 is 6.09 Å². The zero-order valence-electron chi connectivity index (χ0n) is 14.0. The summed E-state index contributed by atoms with van der Waals surface area (Å²) >= 11 is 0. The highest BCUT2D eigenvalue weighted by molar-refractivity contribution is 5.87. The van der Waals surface area contributed by atoms with E-state index in [2.05, 4.69) is 20.7 Å². The van der Waals surface area contributed by atoms with Crippen molar-refractivity contribution in [1.82, 2.24) is 16.0 Å². The van der Waals surface area contributed by atoms with E-state index in [1.165, 1.54) is 7.11 Å². The standard InChI is InChI=1S/C15H27N3O4/c1-9(2)11(17-14(21)22-5)13(20)18-15(6-7-15)8-16-12(19)10(3)4/h9-11H,6-8H2,1-5H3,(H,16,19)(H,17,21)(H,18,20)/t11-/m0/s1. The van der Waals surface area contributed by atoms with Crippen molar-refractivity contribution < 1.29 is 19.1 Å². The Balaban J connectivity index is 2.57. The molecule has 0 heterocycles. The van der Waals surface area contributed by atoms with Crippen LogP contribution < -0.4 is 16.0 Å². The molecule has 1 atom stereocenters. The molecular formula is C15H27N3O4. The third-order valence-electron chi connectivity index (χ3n) is 3.78. The highest BCUT2D eigenvalue weighted by Gasteiger charge is 2.45. The topological polar surface area (TPSA) is 96.5 Å². The molecule has 7 heteroatoms. The number of methoxy groups -OCH3 is 1. The Morgan fingerprint density at radius 3 is 2.09 bits per heavy atom. The second-order valence-corrected chi connectivity index (χ2v) is 6.50. The molecule has 0 aromatic carbocycles. The Morgan fingerprint density at radius 1 is 1.09 bits per heavy atom. The van der Waals surface area contributed by atoms with E-state index in [9.17, 15) is 14.4 Å². The van der Waals surface area contributed by atoms with Gasteiger partial charge in [0.1, 0.15) is 6.04 Å². The fourth-order valence-corrected chi connectivity index (χ4v) is 2.02. The minimum absolute atomic E-state index is 0.0337. The van der Waals surface area contributed by atoms with Crippen LogP contribution in [0.5, 0.6) is 0 Å². The van der Waals surface area contributed by atoms with Gasteiger partial charge in [-0.15, -0.1) is 0 Å². The number of ether oxygens (including phenoxy) is 1. The first kappa shape index (κ1) is 18.3. The summed E-state index contributed by atoms with van der Waals surface area (Å²) in [6, 6.07) is -0.661. The largest absolute Gasteiger partial charge is 0.453 e. The molecule has 22 heavy (non-hydrogen) atoms. The van der Waals surface area contributed by atoms with Crippen LogP contribution in [0, 0.1) is 11.8 Å². The van der Waals surface area contributed by atoms with E-state index in [1.54, 1.807) is 0 Å². The minimum atomic E-state index is -0.661. The summed E-state index contributed by atoms with van der Waals surface area (Å²) in [6.45, 7) is 7.75. The Bertz CT molecular complexity index is 431. The van der Waals surface area contributed by atoms with Gasteiger partial charge in [0.2, 0.25) is 11.8 Å². The average Bonchev–Trinajstić information content (AvgIpc) is 3.21. The smallest absolute Gasteiger partial charge is 0.407 e. The molecule has 0 saturated heterocycles. The molecule has 1 aliphatic carbocycles. The number of alkyl carbamates (subject to hydrolysis) is 1. The summed E-state index contributed by atoms with van der Waals surface area (Å²) in [6.07, 6.45) is 1.01. The van der Waals surface area contributed by atoms with Crippen molar-refractivity contribution in [3.63, 3.8) is 0 Å². The van der Waals surface area contributed by atoms with E-state index in [0.717, 1.165) is 12.8 Å². The van der Waals surface area contributed by atoms with Crippen LogP contribution >= 0.6 is 0 Å². The summed E-state index contributed by atoms with van der Waals surface area (Å²) in [5, 5.41) is 8.33. The summed E-state index contributed by atoms with van der Waals surface area (Å²) in [7, 11) is 1.26.